The lowest BCUT2D eigenvalue weighted by molar-refractivity contribution is -0.135. The van der Waals surface area contributed by atoms with E-state index in [0.29, 0.717) is 25.3 Å². The summed E-state index contributed by atoms with van der Waals surface area (Å²) in [6.45, 7) is 1.30. The molecule has 9 nitrogen and oxygen atoms in total. The van der Waals surface area contributed by atoms with Gasteiger partial charge in [0.05, 0.1) is 5.92 Å². The number of urea groups is 1. The fraction of sp³-hybridized carbons (Fsp3) is 0.526. The van der Waals surface area contributed by atoms with Gasteiger partial charge in [-0.3, -0.25) is 19.3 Å². The van der Waals surface area contributed by atoms with E-state index < -0.39 is 0 Å². The number of likely N-dealkylation sites (tertiary alicyclic amines) is 1. The molecule has 1 aromatic heterocycles. The maximum absolute atomic E-state index is 12.5. The smallest absolute Gasteiger partial charge is 0.326 e. The minimum Gasteiger partial charge on any atom is -0.342 e. The average molecular weight is 466 g/mol. The largest absolute Gasteiger partial charge is 0.342 e. The van der Waals surface area contributed by atoms with E-state index >= 15 is 0 Å². The maximum Gasteiger partial charge on any atom is 0.326 e. The molecule has 1 aromatic rings. The summed E-state index contributed by atoms with van der Waals surface area (Å²) in [5.74, 6) is -0.244. The van der Waals surface area contributed by atoms with E-state index in [2.05, 4.69) is 26.2 Å². The van der Waals surface area contributed by atoms with Gasteiger partial charge in [0, 0.05) is 43.8 Å². The number of imide groups is 1. The minimum atomic E-state index is -0.321. The highest BCUT2D eigenvalue weighted by atomic mass is 79.9. The third kappa shape index (κ3) is 5.31. The van der Waals surface area contributed by atoms with Gasteiger partial charge in [-0.25, -0.2) is 9.78 Å². The second-order valence-electron chi connectivity index (χ2n) is 7.32. The average Bonchev–Trinajstić information content (AvgIpc) is 2.95. The maximum atomic E-state index is 12.5. The lowest BCUT2D eigenvalue weighted by Crippen LogP contribution is -2.44. The second kappa shape index (κ2) is 9.34. The first-order valence-electron chi connectivity index (χ1n) is 9.61. The van der Waals surface area contributed by atoms with Crippen molar-refractivity contribution in [1.29, 1.82) is 0 Å². The molecule has 0 saturated carbocycles. The molecule has 1 N–H and O–H groups in total. The molecule has 0 bridgehead atoms. The highest BCUT2D eigenvalue weighted by Gasteiger charge is 2.33. The van der Waals surface area contributed by atoms with Crippen LogP contribution in [-0.2, 0) is 14.4 Å². The molecule has 0 radical (unpaired) electrons. The summed E-state index contributed by atoms with van der Waals surface area (Å²) in [5.41, 5.74) is 0. The molecular weight excluding hydrogens is 442 g/mol. The van der Waals surface area contributed by atoms with Crippen LogP contribution in [0.4, 0.5) is 10.6 Å². The Morgan fingerprint density at radius 2 is 2.10 bits per heavy atom. The van der Waals surface area contributed by atoms with Crippen LogP contribution < -0.4 is 5.32 Å². The Labute approximate surface area is 177 Å². The van der Waals surface area contributed by atoms with Gasteiger partial charge in [0.15, 0.2) is 0 Å². The molecule has 1 atom stereocenters. The quantitative estimate of drug-likeness (QED) is 0.643. The number of likely N-dealkylation sites (N-methyl/N-ethyl adjacent to an activating group) is 1. The molecule has 156 valence electrons. The molecule has 1 unspecified atom stereocenters. The summed E-state index contributed by atoms with van der Waals surface area (Å²) >= 11 is 3.30. The monoisotopic (exact) mass is 465 g/mol. The highest BCUT2D eigenvalue weighted by molar-refractivity contribution is 9.10. The Hall–Kier alpha value is -2.49. The summed E-state index contributed by atoms with van der Waals surface area (Å²) in [6.07, 6.45) is 3.74. The number of amides is 5. The zero-order valence-electron chi connectivity index (χ0n) is 16.3. The lowest BCUT2D eigenvalue weighted by atomic mass is 9.96. The zero-order valence-corrected chi connectivity index (χ0v) is 17.9. The van der Waals surface area contributed by atoms with E-state index in [1.807, 2.05) is 0 Å². The number of anilines is 1. The number of piperidine rings is 1. The van der Waals surface area contributed by atoms with E-state index in [9.17, 15) is 19.2 Å². The van der Waals surface area contributed by atoms with Crippen molar-refractivity contribution in [3.63, 3.8) is 0 Å². The highest BCUT2D eigenvalue weighted by Crippen LogP contribution is 2.20. The van der Waals surface area contributed by atoms with Crippen LogP contribution in [0.1, 0.15) is 25.7 Å². The van der Waals surface area contributed by atoms with Gasteiger partial charge in [0.1, 0.15) is 12.4 Å². The SMILES string of the molecule is CN1CC(=O)N(CCCC(=O)N2CCCC(C(=O)Nc3ccc(Br)cn3)C2)C1=O. The van der Waals surface area contributed by atoms with E-state index in [0.717, 1.165) is 17.3 Å². The first-order valence-corrected chi connectivity index (χ1v) is 10.4. The molecule has 2 aliphatic heterocycles. The standard InChI is InChI=1S/C19H24BrN5O4/c1-23-12-17(27)25(19(23)29)9-3-5-16(26)24-8-2-4-13(11-24)18(28)22-15-7-6-14(20)10-21-15/h6-7,10,13H,2-5,8-9,11-12H2,1H3,(H,21,22,28). The Bertz CT molecular complexity index is 800. The lowest BCUT2D eigenvalue weighted by Gasteiger charge is -2.32. The number of hydrogen-bond acceptors (Lipinski definition) is 5. The Morgan fingerprint density at radius 1 is 1.31 bits per heavy atom. The first kappa shape index (κ1) is 21.2. The van der Waals surface area contributed by atoms with Crippen molar-refractivity contribution in [2.75, 3.05) is 38.5 Å². The van der Waals surface area contributed by atoms with Gasteiger partial charge in [0.2, 0.25) is 17.7 Å². The summed E-state index contributed by atoms with van der Waals surface area (Å²) in [4.78, 5) is 57.1. The molecule has 5 amide bonds. The number of rotatable bonds is 6. The molecule has 3 heterocycles. The molecule has 0 aromatic carbocycles. The van der Waals surface area contributed by atoms with Gasteiger partial charge >= 0.3 is 6.03 Å². The Kier molecular flexibility index (Phi) is 6.83. The van der Waals surface area contributed by atoms with Crippen molar-refractivity contribution in [2.45, 2.75) is 25.7 Å². The minimum absolute atomic E-state index is 0.0586. The molecule has 0 spiro atoms. The summed E-state index contributed by atoms with van der Waals surface area (Å²) in [6, 6.07) is 3.19. The molecule has 2 aliphatic rings. The van der Waals surface area contributed by atoms with Crippen LogP contribution in [0.3, 0.4) is 0 Å². The van der Waals surface area contributed by atoms with E-state index in [1.54, 1.807) is 30.3 Å². The van der Waals surface area contributed by atoms with E-state index in [1.165, 1.54) is 9.80 Å². The summed E-state index contributed by atoms with van der Waals surface area (Å²) in [7, 11) is 1.58. The van der Waals surface area contributed by atoms with Crippen LogP contribution >= 0.6 is 15.9 Å². The molecule has 0 aliphatic carbocycles. The number of nitrogens with one attached hydrogen (secondary N) is 1. The number of pyridine rings is 1. The number of halogens is 1. The fourth-order valence-electron chi connectivity index (χ4n) is 3.53. The van der Waals surface area contributed by atoms with Crippen molar-refractivity contribution in [1.82, 2.24) is 19.7 Å². The van der Waals surface area contributed by atoms with Crippen LogP contribution in [0, 0.1) is 5.92 Å². The van der Waals surface area contributed by atoms with Crippen molar-refractivity contribution in [3.05, 3.63) is 22.8 Å². The topological polar surface area (TPSA) is 103 Å². The third-order valence-electron chi connectivity index (χ3n) is 5.13. The summed E-state index contributed by atoms with van der Waals surface area (Å²) in [5, 5.41) is 2.80. The fourth-order valence-corrected chi connectivity index (χ4v) is 3.77. The van der Waals surface area contributed by atoms with Gasteiger partial charge in [-0.1, -0.05) is 0 Å². The number of carbonyl (C=O) groups is 4. The predicted molar refractivity (Wildman–Crippen MR) is 109 cm³/mol. The van der Waals surface area contributed by atoms with Gasteiger partial charge in [-0.15, -0.1) is 0 Å². The van der Waals surface area contributed by atoms with Gasteiger partial charge in [0.25, 0.3) is 0 Å². The van der Waals surface area contributed by atoms with Gasteiger partial charge < -0.3 is 15.1 Å². The molecule has 10 heteroatoms. The van der Waals surface area contributed by atoms with Crippen molar-refractivity contribution in [2.24, 2.45) is 5.92 Å². The van der Waals surface area contributed by atoms with Crippen molar-refractivity contribution < 1.29 is 19.2 Å². The molecule has 3 rings (SSSR count). The van der Waals surface area contributed by atoms with Crippen LogP contribution in [0.5, 0.6) is 0 Å². The van der Waals surface area contributed by atoms with Crippen molar-refractivity contribution in [3.8, 4) is 0 Å². The number of carbonyl (C=O) groups excluding carboxylic acids is 4. The summed E-state index contributed by atoms with van der Waals surface area (Å²) < 4.78 is 0.828. The van der Waals surface area contributed by atoms with E-state index in [4.69, 9.17) is 0 Å². The van der Waals surface area contributed by atoms with E-state index in [-0.39, 0.29) is 49.2 Å². The second-order valence-corrected chi connectivity index (χ2v) is 8.23. The van der Waals surface area contributed by atoms with Crippen LogP contribution in [0.15, 0.2) is 22.8 Å². The first-order chi connectivity index (χ1) is 13.8. The molecular formula is C19H24BrN5O4. The number of aromatic nitrogens is 1. The number of hydrogen-bond donors (Lipinski definition) is 1. The Morgan fingerprint density at radius 3 is 2.76 bits per heavy atom. The van der Waals surface area contributed by atoms with Crippen LogP contribution in [-0.4, -0.2) is 76.7 Å². The zero-order chi connectivity index (χ0) is 21.0. The van der Waals surface area contributed by atoms with Crippen molar-refractivity contribution >= 4 is 45.5 Å². The van der Waals surface area contributed by atoms with Crippen LogP contribution in [0.25, 0.3) is 0 Å². The number of nitrogens with zero attached hydrogens (tertiary/aromatic N) is 4. The molecule has 2 fully saturated rings. The Balaban J connectivity index is 1.46. The molecule has 2 saturated heterocycles. The van der Waals surface area contributed by atoms with Crippen LogP contribution in [0.2, 0.25) is 0 Å². The normalized spacial score (nSPS) is 19.7. The third-order valence-corrected chi connectivity index (χ3v) is 5.60. The van der Waals surface area contributed by atoms with Gasteiger partial charge in [-0.05, 0) is 47.3 Å². The predicted octanol–water partition coefficient (Wildman–Crippen LogP) is 1.70. The van der Waals surface area contributed by atoms with Gasteiger partial charge in [-0.2, -0.15) is 0 Å². The molecule has 29 heavy (non-hydrogen) atoms.